The number of hydrogen-bond donors (Lipinski definition) is 1. The van der Waals surface area contributed by atoms with E-state index < -0.39 is 0 Å². The van der Waals surface area contributed by atoms with Gasteiger partial charge in [0.05, 0.1) is 43.6 Å². The van der Waals surface area contributed by atoms with Gasteiger partial charge in [0, 0.05) is 5.56 Å². The number of rotatable bonds is 7. The standard InChI is InChI=1S/C23H27N3O3S/c1-3-17-6-5-9-20-21(17)24-23(30-20)26(11-10-25-12-14-29-15-13-25)22(27)18-7-4-8-19(16-18)28-2/h4-9,16H,3,10-15H2,1-2H3/p+1. The molecule has 7 heteroatoms. The molecule has 1 aliphatic heterocycles. The summed E-state index contributed by atoms with van der Waals surface area (Å²) in [6, 6.07) is 13.6. The molecular weight excluding hydrogens is 398 g/mol. The number of ether oxygens (including phenoxy) is 2. The quantitative estimate of drug-likeness (QED) is 0.631. The van der Waals surface area contributed by atoms with E-state index in [9.17, 15) is 4.79 Å². The summed E-state index contributed by atoms with van der Waals surface area (Å²) in [7, 11) is 1.61. The fourth-order valence-electron chi connectivity index (χ4n) is 3.77. The Morgan fingerprint density at radius 2 is 2.03 bits per heavy atom. The molecule has 1 saturated heterocycles. The number of carbonyl (C=O) groups is 1. The number of amides is 1. The van der Waals surface area contributed by atoms with E-state index in [1.165, 1.54) is 10.5 Å². The predicted molar refractivity (Wildman–Crippen MR) is 120 cm³/mol. The Hall–Kier alpha value is -2.48. The first-order valence-corrected chi connectivity index (χ1v) is 11.3. The van der Waals surface area contributed by atoms with Gasteiger partial charge in [-0.25, -0.2) is 4.98 Å². The van der Waals surface area contributed by atoms with E-state index >= 15 is 0 Å². The second-order valence-electron chi connectivity index (χ2n) is 7.41. The van der Waals surface area contributed by atoms with Crippen molar-refractivity contribution in [1.29, 1.82) is 0 Å². The van der Waals surface area contributed by atoms with Crippen LogP contribution in [0.5, 0.6) is 5.75 Å². The molecule has 0 bridgehead atoms. The van der Waals surface area contributed by atoms with Gasteiger partial charge >= 0.3 is 0 Å². The van der Waals surface area contributed by atoms with Gasteiger partial charge < -0.3 is 14.4 Å². The molecule has 0 radical (unpaired) electrons. The van der Waals surface area contributed by atoms with E-state index in [0.29, 0.717) is 17.9 Å². The van der Waals surface area contributed by atoms with Crippen molar-refractivity contribution in [2.24, 2.45) is 0 Å². The van der Waals surface area contributed by atoms with Crippen LogP contribution in [0.2, 0.25) is 0 Å². The van der Waals surface area contributed by atoms with Gasteiger partial charge in [-0.3, -0.25) is 9.69 Å². The number of quaternary nitrogens is 1. The number of nitrogens with zero attached hydrogens (tertiary/aromatic N) is 2. The lowest BCUT2D eigenvalue weighted by Crippen LogP contribution is -3.14. The van der Waals surface area contributed by atoms with Gasteiger partial charge in [-0.15, -0.1) is 0 Å². The van der Waals surface area contributed by atoms with E-state index in [4.69, 9.17) is 14.5 Å². The van der Waals surface area contributed by atoms with Gasteiger partial charge in [0.2, 0.25) is 0 Å². The number of thiazole rings is 1. The van der Waals surface area contributed by atoms with Crippen molar-refractivity contribution in [3.63, 3.8) is 0 Å². The van der Waals surface area contributed by atoms with Crippen molar-refractivity contribution in [3.05, 3.63) is 53.6 Å². The molecule has 0 spiro atoms. The maximum absolute atomic E-state index is 13.5. The Balaban J connectivity index is 1.66. The van der Waals surface area contributed by atoms with Crippen molar-refractivity contribution in [1.82, 2.24) is 4.98 Å². The molecule has 1 aliphatic rings. The molecule has 0 aliphatic carbocycles. The van der Waals surface area contributed by atoms with Crippen LogP contribution in [0.25, 0.3) is 10.2 Å². The largest absolute Gasteiger partial charge is 0.497 e. The van der Waals surface area contributed by atoms with E-state index in [-0.39, 0.29) is 5.91 Å². The van der Waals surface area contributed by atoms with Crippen molar-refractivity contribution >= 4 is 32.6 Å². The van der Waals surface area contributed by atoms with Crippen LogP contribution in [-0.4, -0.2) is 57.4 Å². The number of aryl methyl sites for hydroxylation is 1. The predicted octanol–water partition coefficient (Wildman–Crippen LogP) is 2.43. The summed E-state index contributed by atoms with van der Waals surface area (Å²) < 4.78 is 11.9. The number of benzene rings is 2. The van der Waals surface area contributed by atoms with E-state index in [2.05, 4.69) is 25.1 Å². The Morgan fingerprint density at radius 1 is 1.23 bits per heavy atom. The number of methoxy groups -OCH3 is 1. The van der Waals surface area contributed by atoms with Crippen LogP contribution in [-0.2, 0) is 11.2 Å². The second-order valence-corrected chi connectivity index (χ2v) is 8.42. The van der Waals surface area contributed by atoms with Crippen LogP contribution in [0.15, 0.2) is 42.5 Å². The Kier molecular flexibility index (Phi) is 6.62. The van der Waals surface area contributed by atoms with E-state index in [1.807, 2.05) is 23.1 Å². The molecule has 30 heavy (non-hydrogen) atoms. The molecule has 1 fully saturated rings. The minimum atomic E-state index is -0.0429. The van der Waals surface area contributed by atoms with Crippen molar-refractivity contribution in [3.8, 4) is 5.75 Å². The molecule has 0 unspecified atom stereocenters. The van der Waals surface area contributed by atoms with E-state index in [0.717, 1.165) is 54.6 Å². The topological polar surface area (TPSA) is 56.1 Å². The van der Waals surface area contributed by atoms with Gasteiger partial charge in [-0.1, -0.05) is 36.5 Å². The number of para-hydroxylation sites is 1. The summed E-state index contributed by atoms with van der Waals surface area (Å²) in [6.07, 6.45) is 0.919. The van der Waals surface area contributed by atoms with E-state index in [1.54, 1.807) is 24.5 Å². The average molecular weight is 427 g/mol. The van der Waals surface area contributed by atoms with Crippen molar-refractivity contribution < 1.29 is 19.2 Å². The first-order valence-electron chi connectivity index (χ1n) is 10.4. The Morgan fingerprint density at radius 3 is 2.80 bits per heavy atom. The zero-order valence-corrected chi connectivity index (χ0v) is 18.3. The van der Waals surface area contributed by atoms with Crippen molar-refractivity contribution in [2.45, 2.75) is 13.3 Å². The maximum Gasteiger partial charge on any atom is 0.260 e. The lowest BCUT2D eigenvalue weighted by atomic mass is 10.1. The highest BCUT2D eigenvalue weighted by molar-refractivity contribution is 7.22. The van der Waals surface area contributed by atoms with Crippen LogP contribution < -0.4 is 14.5 Å². The molecule has 0 atom stereocenters. The first kappa shape index (κ1) is 20.8. The highest BCUT2D eigenvalue weighted by Gasteiger charge is 2.24. The van der Waals surface area contributed by atoms with Crippen LogP contribution in [0.1, 0.15) is 22.8 Å². The smallest absolute Gasteiger partial charge is 0.260 e. The molecule has 3 aromatic rings. The normalized spacial score (nSPS) is 14.7. The number of fused-ring (bicyclic) bond motifs is 1. The molecule has 1 N–H and O–H groups in total. The number of carbonyl (C=O) groups excluding carboxylic acids is 1. The number of nitrogens with one attached hydrogen (secondary N) is 1. The maximum atomic E-state index is 13.5. The Bertz CT molecular complexity index is 1010. The molecule has 158 valence electrons. The zero-order valence-electron chi connectivity index (χ0n) is 17.5. The summed E-state index contributed by atoms with van der Waals surface area (Å²) in [5, 5.41) is 0.756. The van der Waals surface area contributed by atoms with Gasteiger partial charge in [0.25, 0.3) is 5.91 Å². The van der Waals surface area contributed by atoms with Gasteiger partial charge in [-0.05, 0) is 36.2 Å². The van der Waals surface area contributed by atoms with Gasteiger partial charge in [-0.2, -0.15) is 0 Å². The average Bonchev–Trinajstić information content (AvgIpc) is 3.24. The number of morpholine rings is 1. The zero-order chi connectivity index (χ0) is 20.9. The number of anilines is 1. The van der Waals surface area contributed by atoms with Crippen LogP contribution in [0.4, 0.5) is 5.13 Å². The first-order chi connectivity index (χ1) is 14.7. The van der Waals surface area contributed by atoms with Crippen LogP contribution >= 0.6 is 11.3 Å². The SMILES string of the molecule is CCc1cccc2sc(N(CC[NH+]3CCOCC3)C(=O)c3cccc(OC)c3)nc12. The summed E-state index contributed by atoms with van der Waals surface area (Å²) in [4.78, 5) is 21.7. The molecule has 1 aromatic heterocycles. The number of aromatic nitrogens is 1. The minimum absolute atomic E-state index is 0.0429. The summed E-state index contributed by atoms with van der Waals surface area (Å²) in [5.74, 6) is 0.635. The number of hydrogen-bond acceptors (Lipinski definition) is 5. The van der Waals surface area contributed by atoms with Crippen molar-refractivity contribution in [2.75, 3.05) is 51.4 Å². The molecule has 1 amide bonds. The lowest BCUT2D eigenvalue weighted by Gasteiger charge is -2.27. The molecule has 6 nitrogen and oxygen atoms in total. The summed E-state index contributed by atoms with van der Waals surface area (Å²) >= 11 is 1.58. The third-order valence-corrected chi connectivity index (χ3v) is 6.60. The van der Waals surface area contributed by atoms with Crippen LogP contribution in [0, 0.1) is 0 Å². The lowest BCUT2D eigenvalue weighted by molar-refractivity contribution is -0.906. The third kappa shape index (κ3) is 4.48. The molecule has 2 heterocycles. The fourth-order valence-corrected chi connectivity index (χ4v) is 4.81. The summed E-state index contributed by atoms with van der Waals surface area (Å²) in [6.45, 7) is 7.12. The minimum Gasteiger partial charge on any atom is -0.497 e. The Labute approximate surface area is 181 Å². The van der Waals surface area contributed by atoms with Gasteiger partial charge in [0.1, 0.15) is 18.8 Å². The molecule has 4 rings (SSSR count). The highest BCUT2D eigenvalue weighted by Crippen LogP contribution is 2.32. The molecular formula is C23H28N3O3S+. The molecule has 2 aromatic carbocycles. The second kappa shape index (κ2) is 9.55. The molecule has 0 saturated carbocycles. The van der Waals surface area contributed by atoms with Gasteiger partial charge in [0.15, 0.2) is 5.13 Å². The summed E-state index contributed by atoms with van der Waals surface area (Å²) in [5.41, 5.74) is 2.83. The van der Waals surface area contributed by atoms with Crippen LogP contribution in [0.3, 0.4) is 0 Å². The highest BCUT2D eigenvalue weighted by atomic mass is 32.1. The monoisotopic (exact) mass is 426 g/mol. The third-order valence-electron chi connectivity index (χ3n) is 5.55. The fraction of sp³-hybridized carbons (Fsp3) is 0.391.